The number of hydrogen-bond acceptors (Lipinski definition) is 6. The molecule has 464 valence electrons. The van der Waals surface area contributed by atoms with Crippen molar-refractivity contribution in [2.45, 2.75) is 303 Å². The van der Waals surface area contributed by atoms with E-state index in [4.69, 9.17) is 14.2 Å². The summed E-state index contributed by atoms with van der Waals surface area (Å²) < 4.78 is 16.8. The second kappa shape index (κ2) is 68.8. The lowest BCUT2D eigenvalue weighted by Crippen LogP contribution is -2.30. The molecular formula is C76H124O6. The van der Waals surface area contributed by atoms with Crippen LogP contribution in [0.15, 0.2) is 146 Å². The molecule has 0 N–H and O–H groups in total. The predicted octanol–water partition coefficient (Wildman–Crippen LogP) is 23.5. The Balaban J connectivity index is 4.26. The van der Waals surface area contributed by atoms with Gasteiger partial charge in [0.05, 0.1) is 0 Å². The van der Waals surface area contributed by atoms with Crippen LogP contribution < -0.4 is 0 Å². The number of allylic oxidation sites excluding steroid dienone is 24. The molecule has 0 aromatic rings. The molecule has 82 heavy (non-hydrogen) atoms. The second-order valence-electron chi connectivity index (χ2n) is 22.0. The highest BCUT2D eigenvalue weighted by Gasteiger charge is 2.19. The Morgan fingerprint density at radius 2 is 0.500 bits per heavy atom. The van der Waals surface area contributed by atoms with Gasteiger partial charge in [-0.15, -0.1) is 0 Å². The van der Waals surface area contributed by atoms with E-state index in [-0.39, 0.29) is 37.5 Å². The predicted molar refractivity (Wildman–Crippen MR) is 357 cm³/mol. The molecular weight excluding hydrogens is 1010 g/mol. The van der Waals surface area contributed by atoms with Crippen molar-refractivity contribution < 1.29 is 28.6 Å². The summed E-state index contributed by atoms with van der Waals surface area (Å²) in [5.74, 6) is -0.987. The Labute approximate surface area is 506 Å². The zero-order chi connectivity index (χ0) is 59.2. The maximum absolute atomic E-state index is 12.9. The van der Waals surface area contributed by atoms with Crippen LogP contribution in [0.3, 0.4) is 0 Å². The Hall–Kier alpha value is -4.71. The van der Waals surface area contributed by atoms with E-state index in [9.17, 15) is 14.4 Å². The topological polar surface area (TPSA) is 78.9 Å². The molecule has 0 saturated heterocycles. The largest absolute Gasteiger partial charge is 0.462 e. The van der Waals surface area contributed by atoms with E-state index in [1.165, 1.54) is 128 Å². The molecule has 6 nitrogen and oxygen atoms in total. The van der Waals surface area contributed by atoms with E-state index in [0.29, 0.717) is 19.3 Å². The van der Waals surface area contributed by atoms with Crippen LogP contribution in [-0.4, -0.2) is 37.2 Å². The minimum Gasteiger partial charge on any atom is -0.462 e. The zero-order valence-corrected chi connectivity index (χ0v) is 53.2. The van der Waals surface area contributed by atoms with Crippen molar-refractivity contribution in [1.82, 2.24) is 0 Å². The van der Waals surface area contributed by atoms with Crippen LogP contribution in [0.5, 0.6) is 0 Å². The van der Waals surface area contributed by atoms with Crippen LogP contribution in [0.1, 0.15) is 297 Å². The van der Waals surface area contributed by atoms with Gasteiger partial charge in [0.2, 0.25) is 0 Å². The summed E-state index contributed by atoms with van der Waals surface area (Å²) in [6.45, 7) is 6.36. The third kappa shape index (κ3) is 66.1. The Morgan fingerprint density at radius 1 is 0.256 bits per heavy atom. The van der Waals surface area contributed by atoms with Gasteiger partial charge in [-0.2, -0.15) is 0 Å². The minimum absolute atomic E-state index is 0.104. The average molecular weight is 1130 g/mol. The van der Waals surface area contributed by atoms with Crippen LogP contribution >= 0.6 is 0 Å². The smallest absolute Gasteiger partial charge is 0.306 e. The lowest BCUT2D eigenvalue weighted by atomic mass is 10.0. The van der Waals surface area contributed by atoms with Crippen LogP contribution in [0.4, 0.5) is 0 Å². The SMILES string of the molecule is CC/C=C\C/C=C\C/C=C\C/C=C\C/C=C\C/C=C\C/C=C\C/C=C\CCCCCCCCCCCCC(=O)OCC(COC(=O)CC/C=C\C/C=C\C/C=C\C/C=C\CC)OC(=O)CCCCCCCCCCCCCCCCCC. The van der Waals surface area contributed by atoms with Gasteiger partial charge in [-0.1, -0.05) is 314 Å². The number of hydrogen-bond donors (Lipinski definition) is 0. The van der Waals surface area contributed by atoms with Gasteiger partial charge in [-0.25, -0.2) is 0 Å². The summed E-state index contributed by atoms with van der Waals surface area (Å²) in [6.07, 6.45) is 98.9. The van der Waals surface area contributed by atoms with Crippen LogP contribution in [0, 0.1) is 0 Å². The first-order chi connectivity index (χ1) is 40.5. The fraction of sp³-hybridized carbons (Fsp3) is 0.645. The molecule has 6 heteroatoms. The number of ether oxygens (including phenoxy) is 3. The van der Waals surface area contributed by atoms with Crippen molar-refractivity contribution in [3.63, 3.8) is 0 Å². The van der Waals surface area contributed by atoms with Gasteiger partial charge < -0.3 is 14.2 Å². The van der Waals surface area contributed by atoms with Crippen molar-refractivity contribution in [3.8, 4) is 0 Å². The summed E-state index contributed by atoms with van der Waals surface area (Å²) >= 11 is 0. The molecule has 0 aliphatic carbocycles. The number of rotatable bonds is 60. The highest BCUT2D eigenvalue weighted by Crippen LogP contribution is 2.16. The molecule has 0 aromatic carbocycles. The second-order valence-corrected chi connectivity index (χ2v) is 22.0. The average Bonchev–Trinajstić information content (AvgIpc) is 3.47. The Bertz CT molecular complexity index is 1780. The van der Waals surface area contributed by atoms with Gasteiger partial charge in [0.15, 0.2) is 6.10 Å². The van der Waals surface area contributed by atoms with Crippen molar-refractivity contribution >= 4 is 17.9 Å². The van der Waals surface area contributed by atoms with E-state index >= 15 is 0 Å². The summed E-state index contributed by atoms with van der Waals surface area (Å²) in [6, 6.07) is 0. The first-order valence-electron chi connectivity index (χ1n) is 33.8. The minimum atomic E-state index is -0.812. The lowest BCUT2D eigenvalue weighted by molar-refractivity contribution is -0.166. The van der Waals surface area contributed by atoms with Gasteiger partial charge in [-0.05, 0) is 109 Å². The molecule has 0 amide bonds. The van der Waals surface area contributed by atoms with Gasteiger partial charge in [0.1, 0.15) is 13.2 Å². The van der Waals surface area contributed by atoms with Crippen LogP contribution in [0.2, 0.25) is 0 Å². The van der Waals surface area contributed by atoms with Crippen LogP contribution in [0.25, 0.3) is 0 Å². The van der Waals surface area contributed by atoms with E-state index in [0.717, 1.165) is 122 Å². The molecule has 1 unspecified atom stereocenters. The van der Waals surface area contributed by atoms with Crippen molar-refractivity contribution in [1.29, 1.82) is 0 Å². The first-order valence-corrected chi connectivity index (χ1v) is 33.8. The van der Waals surface area contributed by atoms with Gasteiger partial charge in [-0.3, -0.25) is 14.4 Å². The standard InChI is InChI=1S/C76H124O6/c1-4-7-10-13-16-19-22-25-27-29-30-31-32-33-34-35-36-37-38-39-40-41-42-43-44-45-46-47-49-51-54-57-60-63-66-69-75(78)81-72-73(71-80-74(77)68-65-62-59-56-53-50-24-21-18-15-12-9-6-3)82-76(79)70-67-64-61-58-55-52-48-28-26-23-20-17-14-11-8-5-2/h7,9-10,12,16,18-19,21,25,27,30-31,33-34,36-37,39-40,42-43,50,53,59,62,73H,4-6,8,11,13-15,17,20,22-24,26,28-29,32,35,38,41,44-49,51-52,54-58,60-61,63-72H2,1-3H3/b10-7-,12-9-,19-16-,21-18-,27-25-,31-30-,34-33-,37-36-,40-39-,43-42-,53-50-,62-59-. The summed E-state index contributed by atoms with van der Waals surface area (Å²) in [5.41, 5.74) is 0. The molecule has 0 saturated carbocycles. The third-order valence-corrected chi connectivity index (χ3v) is 14.1. The maximum Gasteiger partial charge on any atom is 0.306 e. The number of carbonyl (C=O) groups excluding carboxylic acids is 3. The van der Waals surface area contributed by atoms with Gasteiger partial charge in [0, 0.05) is 19.3 Å². The summed E-state index contributed by atoms with van der Waals surface area (Å²) in [7, 11) is 0. The van der Waals surface area contributed by atoms with Gasteiger partial charge in [0.25, 0.3) is 0 Å². The number of carbonyl (C=O) groups is 3. The van der Waals surface area contributed by atoms with Gasteiger partial charge >= 0.3 is 17.9 Å². The van der Waals surface area contributed by atoms with E-state index < -0.39 is 6.10 Å². The molecule has 0 aliphatic rings. The van der Waals surface area contributed by atoms with E-state index in [2.05, 4.69) is 161 Å². The van der Waals surface area contributed by atoms with Crippen molar-refractivity contribution in [3.05, 3.63) is 146 Å². The number of unbranched alkanes of at least 4 members (excludes halogenated alkanes) is 25. The highest BCUT2D eigenvalue weighted by atomic mass is 16.6. The fourth-order valence-corrected chi connectivity index (χ4v) is 9.12. The highest BCUT2D eigenvalue weighted by molar-refractivity contribution is 5.71. The Kier molecular flexibility index (Phi) is 64.8. The molecule has 0 radical (unpaired) electrons. The molecule has 0 bridgehead atoms. The first kappa shape index (κ1) is 77.3. The zero-order valence-electron chi connectivity index (χ0n) is 53.2. The summed E-state index contributed by atoms with van der Waals surface area (Å²) in [5, 5.41) is 0. The fourth-order valence-electron chi connectivity index (χ4n) is 9.12. The van der Waals surface area contributed by atoms with Crippen molar-refractivity contribution in [2.75, 3.05) is 13.2 Å². The molecule has 0 heterocycles. The van der Waals surface area contributed by atoms with E-state index in [1.807, 2.05) is 6.08 Å². The maximum atomic E-state index is 12.9. The summed E-state index contributed by atoms with van der Waals surface area (Å²) in [4.78, 5) is 38.3. The monoisotopic (exact) mass is 1130 g/mol. The Morgan fingerprint density at radius 3 is 0.817 bits per heavy atom. The van der Waals surface area contributed by atoms with Crippen LogP contribution in [-0.2, 0) is 28.6 Å². The molecule has 0 aliphatic heterocycles. The molecule has 1 atom stereocenters. The third-order valence-electron chi connectivity index (χ3n) is 14.1. The molecule has 0 spiro atoms. The number of esters is 3. The van der Waals surface area contributed by atoms with Crippen molar-refractivity contribution in [2.24, 2.45) is 0 Å². The normalized spacial score (nSPS) is 13.1. The molecule has 0 fully saturated rings. The van der Waals surface area contributed by atoms with E-state index in [1.54, 1.807) is 0 Å². The quantitative estimate of drug-likeness (QED) is 0.0261. The molecule has 0 aromatic heterocycles. The molecule has 0 rings (SSSR count). The lowest BCUT2D eigenvalue weighted by Gasteiger charge is -2.18.